The van der Waals surface area contributed by atoms with Gasteiger partial charge >= 0.3 is 0 Å². The van der Waals surface area contributed by atoms with Gasteiger partial charge < -0.3 is 15.0 Å². The van der Waals surface area contributed by atoms with E-state index in [0.717, 1.165) is 24.7 Å². The molecule has 1 fully saturated rings. The summed E-state index contributed by atoms with van der Waals surface area (Å²) in [6, 6.07) is 8.07. The first-order chi connectivity index (χ1) is 11.8. The van der Waals surface area contributed by atoms with Crippen LogP contribution in [-0.2, 0) is 16.3 Å². The van der Waals surface area contributed by atoms with Crippen molar-refractivity contribution in [1.82, 2.24) is 10.2 Å². The highest BCUT2D eigenvalue weighted by molar-refractivity contribution is 14.0. The number of aliphatic imine (C=N–C) groups is 1. The summed E-state index contributed by atoms with van der Waals surface area (Å²) in [5, 5.41) is 3.29. The maximum absolute atomic E-state index is 12.2. The lowest BCUT2D eigenvalue weighted by Crippen LogP contribution is -2.57. The molecule has 0 spiro atoms. The second-order valence-corrected chi connectivity index (χ2v) is 9.99. The van der Waals surface area contributed by atoms with Gasteiger partial charge in [0, 0.05) is 26.1 Å². The van der Waals surface area contributed by atoms with Crippen LogP contribution >= 0.6 is 24.0 Å². The highest BCUT2D eigenvalue weighted by atomic mass is 127. The second-order valence-electron chi connectivity index (χ2n) is 7.25. The summed E-state index contributed by atoms with van der Waals surface area (Å²) in [5.74, 6) is 1.87. The Morgan fingerprint density at radius 1 is 1.38 bits per heavy atom. The first-order valence-corrected chi connectivity index (χ1v) is 10.5. The molecule has 2 aliphatic rings. The van der Waals surface area contributed by atoms with Crippen molar-refractivity contribution in [3.05, 3.63) is 29.8 Å². The molecule has 0 radical (unpaired) electrons. The second kappa shape index (κ2) is 8.33. The van der Waals surface area contributed by atoms with Gasteiger partial charge in [0.15, 0.2) is 15.8 Å². The lowest BCUT2D eigenvalue weighted by Gasteiger charge is -2.39. The number of para-hydroxylation sites is 1. The molecule has 1 aromatic rings. The Bertz CT molecular complexity index is 740. The number of hydrogen-bond acceptors (Lipinski definition) is 4. The van der Waals surface area contributed by atoms with Gasteiger partial charge in [-0.2, -0.15) is 0 Å². The van der Waals surface area contributed by atoms with E-state index in [1.54, 1.807) is 13.8 Å². The van der Waals surface area contributed by atoms with Gasteiger partial charge in [0.1, 0.15) is 11.9 Å². The lowest BCUT2D eigenvalue weighted by molar-refractivity contribution is 0.240. The molecule has 26 heavy (non-hydrogen) atoms. The van der Waals surface area contributed by atoms with Crippen LogP contribution in [0.1, 0.15) is 26.3 Å². The van der Waals surface area contributed by atoms with Crippen LogP contribution in [0.5, 0.6) is 5.75 Å². The van der Waals surface area contributed by atoms with Crippen molar-refractivity contribution < 1.29 is 13.2 Å². The van der Waals surface area contributed by atoms with Crippen molar-refractivity contribution in [2.45, 2.75) is 38.0 Å². The highest BCUT2D eigenvalue weighted by Crippen LogP contribution is 2.28. The zero-order chi connectivity index (χ0) is 18.1. The molecule has 146 valence electrons. The molecule has 0 bridgehead atoms. The minimum Gasteiger partial charge on any atom is -0.488 e. The number of ether oxygens (including phenoxy) is 1. The monoisotopic (exact) mass is 493 g/mol. The van der Waals surface area contributed by atoms with Crippen molar-refractivity contribution in [1.29, 1.82) is 0 Å². The fourth-order valence-electron chi connectivity index (χ4n) is 3.29. The molecule has 0 saturated carbocycles. The van der Waals surface area contributed by atoms with Crippen LogP contribution < -0.4 is 10.1 Å². The van der Waals surface area contributed by atoms with Crippen LogP contribution in [-0.4, -0.2) is 62.1 Å². The lowest BCUT2D eigenvalue weighted by atomic mass is 10.1. The van der Waals surface area contributed by atoms with E-state index in [2.05, 4.69) is 11.4 Å². The summed E-state index contributed by atoms with van der Waals surface area (Å²) in [4.78, 5) is 6.78. The van der Waals surface area contributed by atoms with Crippen molar-refractivity contribution in [3.8, 4) is 5.75 Å². The fourth-order valence-corrected chi connectivity index (χ4v) is 4.66. The van der Waals surface area contributed by atoms with Crippen LogP contribution in [0.15, 0.2) is 29.3 Å². The van der Waals surface area contributed by atoms with Crippen molar-refractivity contribution in [2.75, 3.05) is 31.9 Å². The number of hydrogen-bond donors (Lipinski definition) is 1. The third-order valence-corrected chi connectivity index (χ3v) is 7.37. The predicted octanol–water partition coefficient (Wildman–Crippen LogP) is 2.08. The molecule has 1 aromatic carbocycles. The van der Waals surface area contributed by atoms with Gasteiger partial charge in [-0.1, -0.05) is 18.2 Å². The topological polar surface area (TPSA) is 71.0 Å². The van der Waals surface area contributed by atoms with Gasteiger partial charge in [-0.05, 0) is 32.4 Å². The first kappa shape index (κ1) is 21.3. The molecule has 0 aliphatic carbocycles. The summed E-state index contributed by atoms with van der Waals surface area (Å²) >= 11 is 0. The molecule has 2 aliphatic heterocycles. The maximum Gasteiger partial charge on any atom is 0.194 e. The zero-order valence-corrected chi connectivity index (χ0v) is 18.7. The third kappa shape index (κ3) is 4.44. The summed E-state index contributed by atoms with van der Waals surface area (Å²) in [7, 11) is -3.06. The summed E-state index contributed by atoms with van der Waals surface area (Å²) < 4.78 is 29.6. The number of halogens is 1. The van der Waals surface area contributed by atoms with Crippen LogP contribution in [0, 0.1) is 0 Å². The molecule has 0 amide bonds. The molecular weight excluding hydrogens is 465 g/mol. The van der Waals surface area contributed by atoms with Gasteiger partial charge in [-0.25, -0.2) is 13.4 Å². The van der Waals surface area contributed by atoms with Crippen molar-refractivity contribution >= 4 is 39.8 Å². The number of nitrogens with one attached hydrogen (secondary N) is 1. The molecule has 2 heterocycles. The minimum atomic E-state index is -3.06. The number of nitrogens with zero attached hydrogens (tertiary/aromatic N) is 2. The molecule has 3 rings (SSSR count). The van der Waals surface area contributed by atoms with Crippen LogP contribution in [0.25, 0.3) is 0 Å². The van der Waals surface area contributed by atoms with Gasteiger partial charge in [-0.3, -0.25) is 0 Å². The quantitative estimate of drug-likeness (QED) is 0.397. The summed E-state index contributed by atoms with van der Waals surface area (Å²) in [5.41, 5.74) is 1.22. The van der Waals surface area contributed by atoms with E-state index in [9.17, 15) is 8.42 Å². The summed E-state index contributed by atoms with van der Waals surface area (Å²) in [6.07, 6.45) is 0.895. The molecule has 1 atom stereocenters. The number of fused-ring (bicyclic) bond motifs is 1. The SMILES string of the molecule is CCNC(=NCC1Cc2ccccc2O1)N1CCS(=O)(=O)C(C)(C)C1.I. The Morgan fingerprint density at radius 2 is 2.12 bits per heavy atom. The average molecular weight is 493 g/mol. The fraction of sp³-hybridized carbons (Fsp3) is 0.611. The largest absolute Gasteiger partial charge is 0.488 e. The number of benzene rings is 1. The molecule has 8 heteroatoms. The van der Waals surface area contributed by atoms with E-state index in [4.69, 9.17) is 9.73 Å². The smallest absolute Gasteiger partial charge is 0.194 e. The Hall–Kier alpha value is -1.03. The molecular formula is C18H28IN3O3S. The Kier molecular flexibility index (Phi) is 6.81. The highest BCUT2D eigenvalue weighted by Gasteiger charge is 2.41. The van der Waals surface area contributed by atoms with Gasteiger partial charge in [0.05, 0.1) is 17.0 Å². The molecule has 1 N–H and O–H groups in total. The number of guanidine groups is 1. The van der Waals surface area contributed by atoms with Crippen LogP contribution in [0.4, 0.5) is 0 Å². The van der Waals surface area contributed by atoms with E-state index in [1.807, 2.05) is 30.0 Å². The zero-order valence-electron chi connectivity index (χ0n) is 15.6. The number of sulfone groups is 1. The van der Waals surface area contributed by atoms with Gasteiger partial charge in [-0.15, -0.1) is 24.0 Å². The molecule has 1 unspecified atom stereocenters. The van der Waals surface area contributed by atoms with E-state index in [-0.39, 0.29) is 35.8 Å². The van der Waals surface area contributed by atoms with Crippen LogP contribution in [0.2, 0.25) is 0 Å². The van der Waals surface area contributed by atoms with E-state index < -0.39 is 14.6 Å². The Morgan fingerprint density at radius 3 is 2.77 bits per heavy atom. The van der Waals surface area contributed by atoms with E-state index >= 15 is 0 Å². The Balaban J connectivity index is 0.00000243. The Labute approximate surface area is 173 Å². The first-order valence-electron chi connectivity index (χ1n) is 8.82. The molecule has 0 aromatic heterocycles. The molecule has 6 nitrogen and oxygen atoms in total. The normalized spacial score (nSPS) is 23.6. The minimum absolute atomic E-state index is 0. The standard InChI is InChI=1S/C18H27N3O3S.HI/c1-4-19-17(21-9-10-25(22,23)18(2,3)13-21)20-12-15-11-14-7-5-6-8-16(14)24-15;/h5-8,15H,4,9-13H2,1-3H3,(H,19,20);1H. The third-order valence-electron chi connectivity index (χ3n) is 4.84. The maximum atomic E-state index is 12.2. The predicted molar refractivity (Wildman–Crippen MR) is 115 cm³/mol. The molecule has 1 saturated heterocycles. The van der Waals surface area contributed by atoms with Crippen molar-refractivity contribution in [3.63, 3.8) is 0 Å². The van der Waals surface area contributed by atoms with Crippen molar-refractivity contribution in [2.24, 2.45) is 4.99 Å². The van der Waals surface area contributed by atoms with Gasteiger partial charge in [0.2, 0.25) is 0 Å². The van der Waals surface area contributed by atoms with E-state index in [0.29, 0.717) is 19.6 Å². The average Bonchev–Trinajstić information content (AvgIpc) is 2.97. The summed E-state index contributed by atoms with van der Waals surface area (Å²) in [6.45, 7) is 7.82. The van der Waals surface area contributed by atoms with Gasteiger partial charge in [0.25, 0.3) is 0 Å². The van der Waals surface area contributed by atoms with E-state index in [1.165, 1.54) is 5.56 Å². The van der Waals surface area contributed by atoms with Crippen LogP contribution in [0.3, 0.4) is 0 Å². The number of rotatable bonds is 3.